The Morgan fingerprint density at radius 2 is 2.00 bits per heavy atom. The van der Waals surface area contributed by atoms with Crippen molar-refractivity contribution >= 4 is 5.97 Å². The minimum Gasteiger partial charge on any atom is -0.450 e. The lowest BCUT2D eigenvalue weighted by Gasteiger charge is -2.36. The molecule has 0 radical (unpaired) electrons. The summed E-state index contributed by atoms with van der Waals surface area (Å²) in [6.07, 6.45) is 2.31. The third-order valence-corrected chi connectivity index (χ3v) is 4.14. The molecule has 4 nitrogen and oxygen atoms in total. The molecule has 1 atom stereocenters. The van der Waals surface area contributed by atoms with Crippen LogP contribution in [0.25, 0.3) is 0 Å². The molecule has 0 aromatic heterocycles. The van der Waals surface area contributed by atoms with Gasteiger partial charge in [-0.05, 0) is 31.4 Å². The highest BCUT2D eigenvalue weighted by Crippen LogP contribution is 2.40. The number of carbonyl (C=O) groups is 1. The molecule has 0 amide bonds. The van der Waals surface area contributed by atoms with Gasteiger partial charge in [0.1, 0.15) is 0 Å². The topological polar surface area (TPSA) is 49.8 Å². The predicted octanol–water partition coefficient (Wildman–Crippen LogP) is 3.34. The normalized spacial score (nSPS) is 29.4. The van der Waals surface area contributed by atoms with E-state index in [-0.39, 0.29) is 12.8 Å². The van der Waals surface area contributed by atoms with Crippen molar-refractivity contribution in [3.63, 3.8) is 0 Å². The van der Waals surface area contributed by atoms with Crippen molar-refractivity contribution in [3.05, 3.63) is 35.8 Å². The van der Waals surface area contributed by atoms with Crippen molar-refractivity contribution in [2.45, 2.75) is 51.4 Å². The van der Waals surface area contributed by atoms with E-state index in [2.05, 4.69) is 0 Å². The summed E-state index contributed by atoms with van der Waals surface area (Å²) in [7, 11) is 0. The molecule has 1 unspecified atom stereocenters. The minimum absolute atomic E-state index is 0.228. The Bertz CT molecular complexity index is 1220. The summed E-state index contributed by atoms with van der Waals surface area (Å²) in [5.74, 6) is 1.23. The summed E-state index contributed by atoms with van der Waals surface area (Å²) < 4.78 is 138. The highest BCUT2D eigenvalue weighted by Gasteiger charge is 2.46. The van der Waals surface area contributed by atoms with Crippen LogP contribution in [0, 0.1) is 17.8 Å². The van der Waals surface area contributed by atoms with Gasteiger partial charge in [0.15, 0.2) is 12.2 Å². The molecule has 1 aromatic carbocycles. The van der Waals surface area contributed by atoms with Crippen LogP contribution in [0.1, 0.15) is 74.7 Å². The molecule has 1 fully saturated rings. The predicted molar refractivity (Wildman–Crippen MR) is 103 cm³/mol. The number of rotatable bonds is 7. The van der Waals surface area contributed by atoms with Crippen molar-refractivity contribution in [1.82, 2.24) is 4.90 Å². The first-order valence-corrected chi connectivity index (χ1v) is 8.05. The quantitative estimate of drug-likeness (QED) is 0.587. The second-order valence-electron chi connectivity index (χ2n) is 5.65. The van der Waals surface area contributed by atoms with Crippen molar-refractivity contribution in [3.8, 4) is 11.8 Å². The first-order chi connectivity index (χ1) is 19.3. The smallest absolute Gasteiger partial charge is 0.344 e. The van der Waals surface area contributed by atoms with Gasteiger partial charge in [-0.25, -0.2) is 4.79 Å². The highest BCUT2D eigenvalue weighted by atomic mass is 16.5. The van der Waals surface area contributed by atoms with Gasteiger partial charge >= 0.3 is 5.97 Å². The van der Waals surface area contributed by atoms with Crippen LogP contribution in [0.5, 0.6) is 0 Å². The van der Waals surface area contributed by atoms with Gasteiger partial charge in [-0.3, -0.25) is 4.90 Å². The van der Waals surface area contributed by atoms with Gasteiger partial charge in [-0.15, -0.1) is 0 Å². The van der Waals surface area contributed by atoms with Crippen molar-refractivity contribution in [1.29, 1.82) is 0 Å². The number of carbonyl (C=O) groups excluding carboxylic acids is 1. The lowest BCUT2D eigenvalue weighted by atomic mass is 9.73. The fourth-order valence-electron chi connectivity index (χ4n) is 2.86. The average molecular weight is 375 g/mol. The zero-order chi connectivity index (χ0) is 33.6. The lowest BCUT2D eigenvalue weighted by Crippen LogP contribution is -2.45. The number of hydrogen-bond acceptors (Lipinski definition) is 4. The maximum Gasteiger partial charge on any atom is 0.344 e. The Kier molecular flexibility index (Phi) is 2.90. The summed E-state index contributed by atoms with van der Waals surface area (Å²) in [5.41, 5.74) is -3.47. The van der Waals surface area contributed by atoms with Crippen LogP contribution in [-0.4, -0.2) is 42.1 Å². The molecule has 1 aliphatic carbocycles. The van der Waals surface area contributed by atoms with Gasteiger partial charge in [0.05, 0.1) is 16.1 Å². The Labute approximate surface area is 181 Å². The fraction of sp³-hybridized carbons (Fsp3) is 0.591. The average Bonchev–Trinajstić information content (AvgIpc) is 2.87. The van der Waals surface area contributed by atoms with E-state index >= 15 is 0 Å². The molecule has 1 aromatic rings. The van der Waals surface area contributed by atoms with E-state index in [1.165, 1.54) is 0 Å². The second kappa shape index (κ2) is 10.4. The third-order valence-electron chi connectivity index (χ3n) is 4.14. The van der Waals surface area contributed by atoms with Gasteiger partial charge < -0.3 is 9.84 Å². The Morgan fingerprint density at radius 1 is 1.31 bits per heavy atom. The SMILES string of the molecule is [2H]c1c([2H])c([2H])c(C(O)(C(=O)OCC#CC([2H])([2H])N(C([2H])([2H])C([2H])([2H])[2H])C([2H])([2H])C([2H])([2H])[2H])C2CCCCC2)c([2H])c1[2H]. The van der Waals surface area contributed by atoms with E-state index in [0.717, 1.165) is 6.42 Å². The number of aliphatic hydroxyl groups is 1. The van der Waals surface area contributed by atoms with Crippen molar-refractivity contribution < 1.29 is 37.9 Å². The number of hydrogen-bond donors (Lipinski definition) is 1. The third kappa shape index (κ3) is 5.09. The molecule has 0 spiro atoms. The first kappa shape index (κ1) is 7.30. The first-order valence-electron chi connectivity index (χ1n) is 16.6. The zero-order valence-electron chi connectivity index (χ0n) is 31.0. The molecule has 0 saturated heterocycles. The Hall–Kier alpha value is -1.83. The zero-order valence-corrected chi connectivity index (χ0v) is 14.0. The van der Waals surface area contributed by atoms with E-state index in [1.807, 2.05) is 5.92 Å². The summed E-state index contributed by atoms with van der Waals surface area (Å²) in [6.45, 7) is -20.0. The Balaban J connectivity index is 2.54. The van der Waals surface area contributed by atoms with Gasteiger partial charge in [0, 0.05) is 19.6 Å². The molecule has 26 heavy (non-hydrogen) atoms. The van der Waals surface area contributed by atoms with Gasteiger partial charge in [0.25, 0.3) is 0 Å². The number of benzene rings is 1. The summed E-state index contributed by atoms with van der Waals surface area (Å²) in [4.78, 5) is 12.7. The van der Waals surface area contributed by atoms with Crippen molar-refractivity contribution in [2.75, 3.05) is 26.1 Å². The maximum absolute atomic E-state index is 13.4. The van der Waals surface area contributed by atoms with Crippen LogP contribution in [-0.2, 0) is 15.1 Å². The molecule has 0 bridgehead atoms. The molecule has 1 aliphatic rings. The van der Waals surface area contributed by atoms with Crippen LogP contribution in [0.3, 0.4) is 0 Å². The molecule has 1 N–H and O–H groups in total. The highest BCUT2D eigenvalue weighted by molar-refractivity contribution is 5.81. The summed E-state index contributed by atoms with van der Waals surface area (Å²) in [5, 5.41) is 11.7. The molecule has 142 valence electrons. The molecule has 2 rings (SSSR count). The van der Waals surface area contributed by atoms with Crippen LogP contribution >= 0.6 is 0 Å². The van der Waals surface area contributed by atoms with Gasteiger partial charge in [-0.1, -0.05) is 75.0 Å². The second-order valence-corrected chi connectivity index (χ2v) is 5.65. The van der Waals surface area contributed by atoms with E-state index in [4.69, 9.17) is 28.0 Å². The molecule has 0 aliphatic heterocycles. The van der Waals surface area contributed by atoms with E-state index in [0.29, 0.717) is 12.8 Å². The van der Waals surface area contributed by atoms with Crippen LogP contribution in [0.4, 0.5) is 0 Å². The van der Waals surface area contributed by atoms with Crippen molar-refractivity contribution in [2.24, 2.45) is 5.92 Å². The van der Waals surface area contributed by atoms with Crippen LogP contribution in [0.2, 0.25) is 0 Å². The largest absolute Gasteiger partial charge is 0.450 e. The molecular weight excluding hydrogens is 326 g/mol. The molecule has 4 heteroatoms. The molecule has 0 heterocycles. The van der Waals surface area contributed by atoms with E-state index in [1.54, 1.807) is 5.92 Å². The lowest BCUT2D eigenvalue weighted by molar-refractivity contribution is -0.174. The van der Waals surface area contributed by atoms with E-state index < -0.39 is 98.0 Å². The van der Waals surface area contributed by atoms with Crippen LogP contribution in [0.15, 0.2) is 30.2 Å². The molecular formula is C22H31NO3. The monoisotopic (exact) mass is 374 g/mol. The van der Waals surface area contributed by atoms with Gasteiger partial charge in [-0.2, -0.15) is 0 Å². The number of esters is 1. The fourth-order valence-corrected chi connectivity index (χ4v) is 2.86. The minimum atomic E-state index is -3.90. The standard InChI is InChI=1S/C22H31NO3/c1-3-23(4-2)17-11-12-18-26-21(24)22(25,19-13-7-5-8-14-19)20-15-9-6-10-16-20/h5,7-8,13-14,20,25H,3-4,6,9-10,15-18H2,1-2H3/i1D3,2D3,3D2,4D2,5D,7D,8D,13D,14D,17D2. The number of nitrogens with zero attached hydrogens (tertiary/aromatic N) is 1. The summed E-state index contributed by atoms with van der Waals surface area (Å²) >= 11 is 0. The number of ether oxygens (including phenoxy) is 1. The van der Waals surface area contributed by atoms with E-state index in [9.17, 15) is 9.90 Å². The maximum atomic E-state index is 13.4. The Morgan fingerprint density at radius 3 is 2.65 bits per heavy atom. The molecule has 1 saturated carbocycles. The van der Waals surface area contributed by atoms with Crippen LogP contribution < -0.4 is 0 Å². The summed E-state index contributed by atoms with van der Waals surface area (Å²) in [6, 6.07) is -4.05. The van der Waals surface area contributed by atoms with Gasteiger partial charge in [0.2, 0.25) is 0 Å².